The summed E-state index contributed by atoms with van der Waals surface area (Å²) in [5, 5.41) is 0. The number of fused-ring (bicyclic) bond motifs is 1. The molecule has 9 nitrogen and oxygen atoms in total. The van der Waals surface area contributed by atoms with Gasteiger partial charge in [-0.15, -0.1) is 0 Å². The van der Waals surface area contributed by atoms with Gasteiger partial charge in [-0.3, -0.25) is 18.5 Å². The number of morpholine rings is 1. The Balaban J connectivity index is 1.95. The minimum atomic E-state index is -0.392. The lowest BCUT2D eigenvalue weighted by Gasteiger charge is -2.28. The van der Waals surface area contributed by atoms with Gasteiger partial charge in [-0.1, -0.05) is 12.1 Å². The molecule has 3 heterocycles. The van der Waals surface area contributed by atoms with Crippen LogP contribution in [0.25, 0.3) is 11.2 Å². The first-order valence-electron chi connectivity index (χ1n) is 9.13. The second-order valence-electron chi connectivity index (χ2n) is 6.83. The summed E-state index contributed by atoms with van der Waals surface area (Å²) in [7, 11) is 4.74. The molecule has 4 rings (SSSR count). The monoisotopic (exact) mass is 385 g/mol. The van der Waals surface area contributed by atoms with Crippen LogP contribution in [0.1, 0.15) is 5.56 Å². The van der Waals surface area contributed by atoms with Crippen LogP contribution in [0.5, 0.6) is 5.75 Å². The van der Waals surface area contributed by atoms with Crippen molar-refractivity contribution in [3.63, 3.8) is 0 Å². The Hall–Kier alpha value is -3.07. The molecule has 1 aliphatic heterocycles. The van der Waals surface area contributed by atoms with Crippen LogP contribution in [0.4, 0.5) is 5.95 Å². The lowest BCUT2D eigenvalue weighted by molar-refractivity contribution is 0.121. The van der Waals surface area contributed by atoms with Crippen molar-refractivity contribution in [2.45, 2.75) is 6.54 Å². The highest BCUT2D eigenvalue weighted by molar-refractivity contribution is 5.74. The van der Waals surface area contributed by atoms with Gasteiger partial charge in [0.15, 0.2) is 11.2 Å². The average Bonchev–Trinajstić information content (AvgIpc) is 3.10. The highest BCUT2D eigenvalue weighted by atomic mass is 16.5. The van der Waals surface area contributed by atoms with Crippen molar-refractivity contribution in [3.8, 4) is 5.75 Å². The molecule has 0 atom stereocenters. The minimum absolute atomic E-state index is 0.354. The number of nitrogens with zero attached hydrogens (tertiary/aromatic N) is 5. The lowest BCUT2D eigenvalue weighted by Crippen LogP contribution is -2.38. The van der Waals surface area contributed by atoms with Gasteiger partial charge in [0.05, 0.1) is 26.9 Å². The van der Waals surface area contributed by atoms with Crippen LogP contribution in [0.2, 0.25) is 0 Å². The van der Waals surface area contributed by atoms with Crippen molar-refractivity contribution in [3.05, 3.63) is 50.7 Å². The highest BCUT2D eigenvalue weighted by Gasteiger charge is 2.24. The molecule has 0 spiro atoms. The van der Waals surface area contributed by atoms with Gasteiger partial charge in [0.2, 0.25) is 5.95 Å². The molecule has 0 N–H and O–H groups in total. The highest BCUT2D eigenvalue weighted by Crippen LogP contribution is 2.23. The number of hydrogen-bond donors (Lipinski definition) is 0. The molecule has 1 fully saturated rings. The zero-order chi connectivity index (χ0) is 19.8. The Labute approximate surface area is 161 Å². The van der Waals surface area contributed by atoms with Crippen LogP contribution < -0.4 is 20.9 Å². The van der Waals surface area contributed by atoms with E-state index in [-0.39, 0.29) is 5.56 Å². The van der Waals surface area contributed by atoms with Crippen LogP contribution >= 0.6 is 0 Å². The van der Waals surface area contributed by atoms with Crippen molar-refractivity contribution in [1.29, 1.82) is 0 Å². The number of methoxy groups -OCH3 is 1. The van der Waals surface area contributed by atoms with Gasteiger partial charge in [0, 0.05) is 27.2 Å². The predicted molar refractivity (Wildman–Crippen MR) is 105 cm³/mol. The normalized spacial score (nSPS) is 14.6. The maximum atomic E-state index is 13.0. The van der Waals surface area contributed by atoms with Crippen LogP contribution in [-0.4, -0.2) is 52.1 Å². The number of hydrogen-bond acceptors (Lipinski definition) is 6. The molecule has 1 saturated heterocycles. The van der Waals surface area contributed by atoms with Gasteiger partial charge < -0.3 is 14.4 Å². The van der Waals surface area contributed by atoms with Crippen molar-refractivity contribution < 1.29 is 9.47 Å². The largest absolute Gasteiger partial charge is 0.497 e. The number of ether oxygens (including phenoxy) is 2. The summed E-state index contributed by atoms with van der Waals surface area (Å²) >= 11 is 0. The molecule has 9 heteroatoms. The van der Waals surface area contributed by atoms with E-state index in [4.69, 9.17) is 9.47 Å². The third-order valence-corrected chi connectivity index (χ3v) is 5.10. The second-order valence-corrected chi connectivity index (χ2v) is 6.83. The van der Waals surface area contributed by atoms with E-state index < -0.39 is 5.69 Å². The fourth-order valence-corrected chi connectivity index (χ4v) is 3.54. The van der Waals surface area contributed by atoms with Gasteiger partial charge in [-0.2, -0.15) is 4.98 Å². The molecule has 1 aromatic carbocycles. The SMILES string of the molecule is COc1cccc(Cn2c(N3CCOCC3)nc3c2c(=O)n(C)c(=O)n3C)c1. The summed E-state index contributed by atoms with van der Waals surface area (Å²) in [4.78, 5) is 32.1. The van der Waals surface area contributed by atoms with Gasteiger partial charge in [0.25, 0.3) is 5.56 Å². The third-order valence-electron chi connectivity index (χ3n) is 5.10. The standard InChI is InChI=1S/C19H23N5O4/c1-21-16-15(17(25)22(2)19(21)26)24(12-13-5-4-6-14(11-13)27-3)18(20-16)23-7-9-28-10-8-23/h4-6,11H,7-10,12H2,1-3H3. The van der Waals surface area contributed by atoms with E-state index in [1.54, 1.807) is 14.2 Å². The van der Waals surface area contributed by atoms with Gasteiger partial charge >= 0.3 is 5.69 Å². The Morgan fingerprint density at radius 3 is 2.61 bits per heavy atom. The molecule has 0 saturated carbocycles. The first kappa shape index (κ1) is 18.3. The third kappa shape index (κ3) is 2.97. The Bertz CT molecular complexity index is 1140. The molecular formula is C19H23N5O4. The molecule has 0 amide bonds. The number of rotatable bonds is 4. The molecule has 0 radical (unpaired) electrons. The van der Waals surface area contributed by atoms with Crippen LogP contribution in [0.15, 0.2) is 33.9 Å². The molecule has 3 aromatic rings. The Morgan fingerprint density at radius 1 is 1.14 bits per heavy atom. The zero-order valence-electron chi connectivity index (χ0n) is 16.2. The summed E-state index contributed by atoms with van der Waals surface area (Å²) in [6.07, 6.45) is 0. The van der Waals surface area contributed by atoms with Gasteiger partial charge in [-0.25, -0.2) is 4.79 Å². The van der Waals surface area contributed by atoms with E-state index in [0.29, 0.717) is 50.0 Å². The van der Waals surface area contributed by atoms with E-state index in [9.17, 15) is 9.59 Å². The van der Waals surface area contributed by atoms with Crippen LogP contribution in [0, 0.1) is 0 Å². The van der Waals surface area contributed by atoms with Crippen molar-refractivity contribution in [2.24, 2.45) is 14.1 Å². The summed E-state index contributed by atoms with van der Waals surface area (Å²) in [6, 6.07) is 7.70. The smallest absolute Gasteiger partial charge is 0.332 e. The Kier molecular flexibility index (Phi) is 4.68. The van der Waals surface area contributed by atoms with Crippen molar-refractivity contribution >= 4 is 17.1 Å². The number of anilines is 1. The van der Waals surface area contributed by atoms with E-state index in [1.165, 1.54) is 11.6 Å². The zero-order valence-corrected chi connectivity index (χ0v) is 16.2. The Morgan fingerprint density at radius 2 is 1.89 bits per heavy atom. The average molecular weight is 385 g/mol. The summed E-state index contributed by atoms with van der Waals surface area (Å²) in [5.41, 5.74) is 1.03. The van der Waals surface area contributed by atoms with Crippen molar-refractivity contribution in [1.82, 2.24) is 18.7 Å². The maximum absolute atomic E-state index is 13.0. The maximum Gasteiger partial charge on any atom is 0.332 e. The molecule has 0 unspecified atom stereocenters. The quantitative estimate of drug-likeness (QED) is 0.644. The van der Waals surface area contributed by atoms with Crippen LogP contribution in [-0.2, 0) is 25.4 Å². The van der Waals surface area contributed by atoms with E-state index in [2.05, 4.69) is 9.88 Å². The van der Waals surface area contributed by atoms with Gasteiger partial charge in [-0.05, 0) is 17.7 Å². The number of aryl methyl sites for hydroxylation is 1. The molecule has 0 aliphatic carbocycles. The lowest BCUT2D eigenvalue weighted by atomic mass is 10.2. The van der Waals surface area contributed by atoms with Gasteiger partial charge in [0.1, 0.15) is 5.75 Å². The first-order valence-corrected chi connectivity index (χ1v) is 9.13. The molecule has 2 aromatic heterocycles. The number of aromatic nitrogens is 4. The summed E-state index contributed by atoms with van der Waals surface area (Å²) in [5.74, 6) is 1.41. The van der Waals surface area contributed by atoms with Crippen molar-refractivity contribution in [2.75, 3.05) is 38.3 Å². The van der Waals surface area contributed by atoms with E-state index >= 15 is 0 Å². The first-order chi connectivity index (χ1) is 13.5. The molecule has 148 valence electrons. The fourth-order valence-electron chi connectivity index (χ4n) is 3.54. The minimum Gasteiger partial charge on any atom is -0.497 e. The molecule has 28 heavy (non-hydrogen) atoms. The molecule has 0 bridgehead atoms. The second kappa shape index (κ2) is 7.16. The fraction of sp³-hybridized carbons (Fsp3) is 0.421. The number of benzene rings is 1. The molecule has 1 aliphatic rings. The number of imidazole rings is 1. The predicted octanol–water partition coefficient (Wildman–Crippen LogP) is 0.327. The van der Waals surface area contributed by atoms with E-state index in [1.807, 2.05) is 28.8 Å². The summed E-state index contributed by atoms with van der Waals surface area (Å²) in [6.45, 7) is 2.98. The molecular weight excluding hydrogens is 362 g/mol. The topological polar surface area (TPSA) is 83.5 Å². The van der Waals surface area contributed by atoms with Crippen LogP contribution in [0.3, 0.4) is 0 Å². The van der Waals surface area contributed by atoms with E-state index in [0.717, 1.165) is 15.9 Å². The summed E-state index contributed by atoms with van der Waals surface area (Å²) < 4.78 is 15.2.